The van der Waals surface area contributed by atoms with Crippen LogP contribution in [0.25, 0.3) is 11.3 Å². The Kier molecular flexibility index (Phi) is 8.13. The molecule has 0 bridgehead atoms. The molecule has 7 nitrogen and oxygen atoms in total. The van der Waals surface area contributed by atoms with E-state index < -0.39 is 0 Å². The fourth-order valence-corrected chi connectivity index (χ4v) is 3.83. The highest BCUT2D eigenvalue weighted by atomic mass is 16.2. The van der Waals surface area contributed by atoms with Gasteiger partial charge in [0.05, 0.1) is 11.7 Å². The predicted molar refractivity (Wildman–Crippen MR) is 134 cm³/mol. The third kappa shape index (κ3) is 6.36. The molecule has 2 N–H and O–H groups in total. The zero-order valence-electron chi connectivity index (χ0n) is 19.4. The highest BCUT2D eigenvalue weighted by molar-refractivity contribution is 5.94. The van der Waals surface area contributed by atoms with Crippen molar-refractivity contribution in [3.63, 3.8) is 0 Å². The van der Waals surface area contributed by atoms with E-state index in [1.54, 1.807) is 12.4 Å². The van der Waals surface area contributed by atoms with E-state index in [0.29, 0.717) is 18.8 Å². The second-order valence-corrected chi connectivity index (χ2v) is 8.08. The van der Waals surface area contributed by atoms with Gasteiger partial charge >= 0.3 is 0 Å². The highest BCUT2D eigenvalue weighted by Crippen LogP contribution is 2.21. The lowest BCUT2D eigenvalue weighted by atomic mass is 10.0. The van der Waals surface area contributed by atoms with Gasteiger partial charge in [-0.25, -0.2) is 4.68 Å². The topological polar surface area (TPSA) is 84.7 Å². The molecule has 0 unspecified atom stereocenters. The molecule has 0 aliphatic rings. The molecular weight excluding hydrogens is 424 g/mol. The molecule has 0 aliphatic heterocycles. The first kappa shape index (κ1) is 23.3. The largest absolute Gasteiger partial charge is 0.310 e. The standard InChI is InChI=1S/C27H30N6O/c1-2-33-26(20-24(32-33)22-13-17-28-18-14-22)31-27(34)25(19-21-9-4-3-5-10-21)30-16-8-12-23-11-6-7-15-29-23/h3-7,9-11,13-15,17-18,20,25,30H,2,8,12,16,19H2,1H3,(H,31,34)/t25-/m0/s1. The summed E-state index contributed by atoms with van der Waals surface area (Å²) < 4.78 is 1.81. The normalized spacial score (nSPS) is 11.8. The molecule has 1 amide bonds. The second kappa shape index (κ2) is 11.9. The summed E-state index contributed by atoms with van der Waals surface area (Å²) in [5.74, 6) is 0.616. The fourth-order valence-electron chi connectivity index (χ4n) is 3.83. The summed E-state index contributed by atoms with van der Waals surface area (Å²) in [6, 6.07) is 21.4. The van der Waals surface area contributed by atoms with E-state index in [9.17, 15) is 4.79 Å². The number of anilines is 1. The molecule has 0 saturated heterocycles. The molecule has 3 aromatic heterocycles. The fraction of sp³-hybridized carbons (Fsp3) is 0.259. The number of pyridine rings is 2. The van der Waals surface area contributed by atoms with Gasteiger partial charge in [0.25, 0.3) is 0 Å². The molecule has 0 fully saturated rings. The lowest BCUT2D eigenvalue weighted by Crippen LogP contribution is -2.43. The Labute approximate surface area is 200 Å². The number of rotatable bonds is 11. The van der Waals surface area contributed by atoms with Crippen molar-refractivity contribution in [1.82, 2.24) is 25.1 Å². The number of hydrogen-bond donors (Lipinski definition) is 2. The first-order valence-electron chi connectivity index (χ1n) is 11.7. The number of nitrogens with one attached hydrogen (secondary N) is 2. The summed E-state index contributed by atoms with van der Waals surface area (Å²) >= 11 is 0. The van der Waals surface area contributed by atoms with Gasteiger partial charge in [-0.2, -0.15) is 5.10 Å². The van der Waals surface area contributed by atoms with Gasteiger partial charge in [-0.1, -0.05) is 36.4 Å². The van der Waals surface area contributed by atoms with E-state index in [1.165, 1.54) is 0 Å². The summed E-state index contributed by atoms with van der Waals surface area (Å²) in [6.45, 7) is 3.38. The lowest BCUT2D eigenvalue weighted by molar-refractivity contribution is -0.118. The van der Waals surface area contributed by atoms with Crippen LogP contribution in [0.2, 0.25) is 0 Å². The van der Waals surface area contributed by atoms with E-state index >= 15 is 0 Å². The summed E-state index contributed by atoms with van der Waals surface area (Å²) in [7, 11) is 0. The van der Waals surface area contributed by atoms with Crippen molar-refractivity contribution in [2.75, 3.05) is 11.9 Å². The quantitative estimate of drug-likeness (QED) is 0.333. The molecule has 3 heterocycles. The van der Waals surface area contributed by atoms with Gasteiger partial charge in [0.15, 0.2) is 0 Å². The van der Waals surface area contributed by atoms with Crippen LogP contribution < -0.4 is 10.6 Å². The molecule has 1 aromatic carbocycles. The highest BCUT2D eigenvalue weighted by Gasteiger charge is 2.20. The number of aromatic nitrogens is 4. The summed E-state index contributed by atoms with van der Waals surface area (Å²) in [4.78, 5) is 21.8. The Morgan fingerprint density at radius 2 is 1.79 bits per heavy atom. The van der Waals surface area contributed by atoms with Crippen LogP contribution in [0.15, 0.2) is 85.3 Å². The van der Waals surface area contributed by atoms with Crippen LogP contribution in [0.3, 0.4) is 0 Å². The van der Waals surface area contributed by atoms with Crippen LogP contribution in [0.1, 0.15) is 24.6 Å². The van der Waals surface area contributed by atoms with Gasteiger partial charge in [-0.3, -0.25) is 14.8 Å². The Balaban J connectivity index is 1.44. The summed E-state index contributed by atoms with van der Waals surface area (Å²) in [6.07, 6.45) is 7.66. The zero-order valence-corrected chi connectivity index (χ0v) is 19.4. The van der Waals surface area contributed by atoms with Crippen molar-refractivity contribution >= 4 is 11.7 Å². The van der Waals surface area contributed by atoms with Crippen LogP contribution in [-0.2, 0) is 24.2 Å². The van der Waals surface area contributed by atoms with Crippen molar-refractivity contribution in [1.29, 1.82) is 0 Å². The molecule has 4 rings (SSSR count). The van der Waals surface area contributed by atoms with Crippen LogP contribution in [0, 0.1) is 0 Å². The van der Waals surface area contributed by atoms with Crippen LogP contribution >= 0.6 is 0 Å². The van der Waals surface area contributed by atoms with E-state index in [2.05, 4.69) is 25.7 Å². The first-order valence-corrected chi connectivity index (χ1v) is 11.7. The lowest BCUT2D eigenvalue weighted by Gasteiger charge is -2.19. The molecule has 0 saturated carbocycles. The van der Waals surface area contributed by atoms with E-state index in [1.807, 2.05) is 84.5 Å². The monoisotopic (exact) mass is 454 g/mol. The Morgan fingerprint density at radius 1 is 1.00 bits per heavy atom. The maximum absolute atomic E-state index is 13.4. The predicted octanol–water partition coefficient (Wildman–Crippen LogP) is 4.13. The van der Waals surface area contributed by atoms with Crippen molar-refractivity contribution in [3.05, 3.63) is 96.6 Å². The van der Waals surface area contributed by atoms with Crippen molar-refractivity contribution < 1.29 is 4.79 Å². The van der Waals surface area contributed by atoms with E-state index in [0.717, 1.165) is 41.9 Å². The maximum Gasteiger partial charge on any atom is 0.242 e. The summed E-state index contributed by atoms with van der Waals surface area (Å²) in [5.41, 5.74) is 3.94. The van der Waals surface area contributed by atoms with Gasteiger partial charge in [-0.15, -0.1) is 0 Å². The number of benzene rings is 1. The molecule has 174 valence electrons. The van der Waals surface area contributed by atoms with Gasteiger partial charge in [-0.05, 0) is 62.6 Å². The van der Waals surface area contributed by atoms with Gasteiger partial charge < -0.3 is 10.6 Å². The second-order valence-electron chi connectivity index (χ2n) is 8.08. The molecule has 0 aliphatic carbocycles. The number of aryl methyl sites for hydroxylation is 2. The zero-order chi connectivity index (χ0) is 23.6. The number of hydrogen-bond acceptors (Lipinski definition) is 5. The molecular formula is C27H30N6O. The van der Waals surface area contributed by atoms with Crippen molar-refractivity contribution in [2.24, 2.45) is 0 Å². The molecule has 4 aromatic rings. The Bertz CT molecular complexity index is 1160. The minimum atomic E-state index is -0.365. The Hall–Kier alpha value is -3.84. The van der Waals surface area contributed by atoms with Crippen LogP contribution in [0.4, 0.5) is 5.82 Å². The van der Waals surface area contributed by atoms with E-state index in [4.69, 9.17) is 0 Å². The summed E-state index contributed by atoms with van der Waals surface area (Å²) in [5, 5.41) is 11.2. The number of amides is 1. The van der Waals surface area contributed by atoms with Gasteiger partial charge in [0.2, 0.25) is 5.91 Å². The molecule has 0 radical (unpaired) electrons. The third-order valence-electron chi connectivity index (χ3n) is 5.63. The average Bonchev–Trinajstić information content (AvgIpc) is 3.30. The van der Waals surface area contributed by atoms with E-state index in [-0.39, 0.29) is 11.9 Å². The number of nitrogens with zero attached hydrogens (tertiary/aromatic N) is 4. The Morgan fingerprint density at radius 3 is 2.53 bits per heavy atom. The maximum atomic E-state index is 13.4. The first-order chi connectivity index (χ1) is 16.7. The number of carbonyl (C=O) groups excluding carboxylic acids is 1. The third-order valence-corrected chi connectivity index (χ3v) is 5.63. The smallest absolute Gasteiger partial charge is 0.242 e. The van der Waals surface area contributed by atoms with Crippen LogP contribution in [0.5, 0.6) is 0 Å². The minimum absolute atomic E-state index is 0.0717. The molecule has 34 heavy (non-hydrogen) atoms. The van der Waals surface area contributed by atoms with Gasteiger partial charge in [0.1, 0.15) is 5.82 Å². The minimum Gasteiger partial charge on any atom is -0.310 e. The molecule has 7 heteroatoms. The SMILES string of the molecule is CCn1nc(-c2ccncc2)cc1NC(=O)[C@H](Cc1ccccc1)NCCCc1ccccn1. The molecule has 0 spiro atoms. The molecule has 1 atom stereocenters. The van der Waals surface area contributed by atoms with Crippen LogP contribution in [-0.4, -0.2) is 38.2 Å². The average molecular weight is 455 g/mol. The number of carbonyl (C=O) groups is 1. The van der Waals surface area contributed by atoms with Crippen molar-refractivity contribution in [2.45, 2.75) is 38.8 Å². The van der Waals surface area contributed by atoms with Gasteiger partial charge in [0, 0.05) is 42.5 Å². The van der Waals surface area contributed by atoms with Crippen molar-refractivity contribution in [3.8, 4) is 11.3 Å².